The van der Waals surface area contributed by atoms with Crippen LogP contribution in [0.3, 0.4) is 0 Å². The lowest BCUT2D eigenvalue weighted by Gasteiger charge is -2.12. The van der Waals surface area contributed by atoms with E-state index in [1.54, 1.807) is 0 Å². The van der Waals surface area contributed by atoms with Crippen molar-refractivity contribution in [2.75, 3.05) is 0 Å². The van der Waals surface area contributed by atoms with Crippen LogP contribution < -0.4 is 0 Å². The average Bonchev–Trinajstić information content (AvgIpc) is 3.68. The number of benzene rings is 9. The van der Waals surface area contributed by atoms with E-state index in [4.69, 9.17) is 19.4 Å². The molecule has 0 saturated carbocycles. The number of hydrogen-bond donors (Lipinski definition) is 0. The van der Waals surface area contributed by atoms with Crippen LogP contribution in [0.5, 0.6) is 0 Å². The predicted octanol–water partition coefficient (Wildman–Crippen LogP) is 14.1. The molecule has 0 bridgehead atoms. The molecule has 0 radical (unpaired) electrons. The van der Waals surface area contributed by atoms with E-state index >= 15 is 0 Å². The highest BCUT2D eigenvalue weighted by atomic mass is 16.3. The van der Waals surface area contributed by atoms with Crippen LogP contribution in [0.2, 0.25) is 0 Å². The number of fused-ring (bicyclic) bond motifs is 6. The van der Waals surface area contributed by atoms with Gasteiger partial charge in [0.05, 0.1) is 0 Å². The Hall–Kier alpha value is -7.69. The molecule has 0 amide bonds. The van der Waals surface area contributed by atoms with Crippen molar-refractivity contribution in [2.45, 2.75) is 0 Å². The minimum absolute atomic E-state index is 0.636. The van der Waals surface area contributed by atoms with Gasteiger partial charge in [-0.25, -0.2) is 15.0 Å². The molecule has 9 aromatic carbocycles. The highest BCUT2D eigenvalue weighted by molar-refractivity contribution is 6.23. The van der Waals surface area contributed by atoms with Gasteiger partial charge in [0.2, 0.25) is 0 Å². The minimum atomic E-state index is 0.636. The molecule has 0 N–H and O–H groups in total. The maximum atomic E-state index is 6.73. The van der Waals surface area contributed by atoms with Crippen molar-refractivity contribution in [3.8, 4) is 67.5 Å². The summed E-state index contributed by atoms with van der Waals surface area (Å²) in [6, 6.07) is 70.0. The Morgan fingerprint density at radius 2 is 0.807 bits per heavy atom. The summed E-state index contributed by atoms with van der Waals surface area (Å²) in [6.45, 7) is 0. The SMILES string of the molecule is c1ccc(-c2nc(-c3ccccc3)nc(-c3ccc(-c4cccc(-c5cccc6oc7c8ccccc8c(-c8cccc9ccccc89)cc7c56)c4)cc3)n2)cc1. The third kappa shape index (κ3) is 5.74. The first-order valence-electron chi connectivity index (χ1n) is 19.2. The molecule has 0 aliphatic rings. The van der Waals surface area contributed by atoms with Crippen molar-refractivity contribution in [1.82, 2.24) is 15.0 Å². The summed E-state index contributed by atoms with van der Waals surface area (Å²) in [6.07, 6.45) is 0. The van der Waals surface area contributed by atoms with Crippen molar-refractivity contribution in [3.05, 3.63) is 200 Å². The van der Waals surface area contributed by atoms with Gasteiger partial charge in [0.15, 0.2) is 17.5 Å². The van der Waals surface area contributed by atoms with Gasteiger partial charge < -0.3 is 4.42 Å². The lowest BCUT2D eigenvalue weighted by Crippen LogP contribution is -2.00. The van der Waals surface area contributed by atoms with Crippen LogP contribution in [-0.4, -0.2) is 15.0 Å². The number of aromatic nitrogens is 3. The smallest absolute Gasteiger partial charge is 0.164 e. The van der Waals surface area contributed by atoms with E-state index in [0.717, 1.165) is 66.3 Å². The summed E-state index contributed by atoms with van der Waals surface area (Å²) in [5.74, 6) is 1.93. The first-order valence-corrected chi connectivity index (χ1v) is 19.2. The first-order chi connectivity index (χ1) is 28.2. The second-order valence-corrected chi connectivity index (χ2v) is 14.4. The van der Waals surface area contributed by atoms with Crippen LogP contribution in [-0.2, 0) is 0 Å². The van der Waals surface area contributed by atoms with Crippen molar-refractivity contribution >= 4 is 43.5 Å². The van der Waals surface area contributed by atoms with E-state index in [9.17, 15) is 0 Å². The number of hydrogen-bond acceptors (Lipinski definition) is 4. The van der Waals surface area contributed by atoms with Gasteiger partial charge in [-0.3, -0.25) is 0 Å². The van der Waals surface area contributed by atoms with E-state index in [-0.39, 0.29) is 0 Å². The van der Waals surface area contributed by atoms with E-state index < -0.39 is 0 Å². The Balaban J connectivity index is 1.01. The van der Waals surface area contributed by atoms with E-state index in [1.807, 2.05) is 60.7 Å². The van der Waals surface area contributed by atoms with Crippen LogP contribution >= 0.6 is 0 Å². The predicted molar refractivity (Wildman–Crippen MR) is 235 cm³/mol. The summed E-state index contributed by atoms with van der Waals surface area (Å²) < 4.78 is 6.73. The Labute approximate surface area is 329 Å². The lowest BCUT2D eigenvalue weighted by atomic mass is 9.91. The molecular weight excluding hydrogens is 695 g/mol. The van der Waals surface area contributed by atoms with Gasteiger partial charge in [-0.05, 0) is 67.7 Å². The Kier molecular flexibility index (Phi) is 7.78. The Bertz CT molecular complexity index is 3220. The second kappa shape index (κ2) is 13.6. The topological polar surface area (TPSA) is 51.8 Å². The van der Waals surface area contributed by atoms with Gasteiger partial charge >= 0.3 is 0 Å². The molecule has 57 heavy (non-hydrogen) atoms. The van der Waals surface area contributed by atoms with Crippen molar-refractivity contribution < 1.29 is 4.42 Å². The third-order valence-corrected chi connectivity index (χ3v) is 10.9. The summed E-state index contributed by atoms with van der Waals surface area (Å²) in [4.78, 5) is 14.7. The zero-order valence-electron chi connectivity index (χ0n) is 30.8. The molecule has 0 unspecified atom stereocenters. The van der Waals surface area contributed by atoms with Gasteiger partial charge in [0.1, 0.15) is 11.2 Å². The van der Waals surface area contributed by atoms with E-state index in [2.05, 4.69) is 140 Å². The fourth-order valence-corrected chi connectivity index (χ4v) is 8.19. The van der Waals surface area contributed by atoms with E-state index in [1.165, 1.54) is 27.3 Å². The van der Waals surface area contributed by atoms with Crippen LogP contribution in [0.25, 0.3) is 111 Å². The van der Waals surface area contributed by atoms with Crippen molar-refractivity contribution in [2.24, 2.45) is 0 Å². The fraction of sp³-hybridized carbons (Fsp3) is 0. The molecule has 2 aromatic heterocycles. The fourth-order valence-electron chi connectivity index (χ4n) is 8.19. The van der Waals surface area contributed by atoms with Gasteiger partial charge in [-0.2, -0.15) is 0 Å². The number of rotatable bonds is 6. The highest BCUT2D eigenvalue weighted by Gasteiger charge is 2.19. The zero-order chi connectivity index (χ0) is 37.7. The normalized spacial score (nSPS) is 11.5. The first kappa shape index (κ1) is 32.7. The summed E-state index contributed by atoms with van der Waals surface area (Å²) in [5.41, 5.74) is 11.5. The third-order valence-electron chi connectivity index (χ3n) is 10.9. The van der Waals surface area contributed by atoms with Crippen LogP contribution in [0.1, 0.15) is 0 Å². The molecule has 0 fully saturated rings. The number of nitrogens with zero attached hydrogens (tertiary/aromatic N) is 3. The molecule has 266 valence electrons. The monoisotopic (exact) mass is 727 g/mol. The molecule has 4 heteroatoms. The molecule has 0 spiro atoms. The maximum absolute atomic E-state index is 6.73. The molecule has 0 aliphatic heterocycles. The highest BCUT2D eigenvalue weighted by Crippen LogP contribution is 2.44. The minimum Gasteiger partial charge on any atom is -0.455 e. The molecule has 4 nitrogen and oxygen atoms in total. The molecular formula is C53H33N3O. The van der Waals surface area contributed by atoms with Gasteiger partial charge in [-0.1, -0.05) is 182 Å². The standard InChI is InChI=1S/C53H33N3O/c1-3-15-36(16-4-1)51-54-52(37-17-5-2-6-18-37)56-53(55-51)38-30-28-34(29-31-38)39-20-11-21-40(32-39)42-25-13-27-48-49(42)47-33-46(44-23-9-10-24-45(44)50(47)57-48)43-26-12-19-35-14-7-8-22-41(35)43/h1-33H. The zero-order valence-corrected chi connectivity index (χ0v) is 30.8. The lowest BCUT2D eigenvalue weighted by molar-refractivity contribution is 0.673. The molecule has 0 aliphatic carbocycles. The van der Waals surface area contributed by atoms with Gasteiger partial charge in [0, 0.05) is 32.8 Å². The Morgan fingerprint density at radius 3 is 1.53 bits per heavy atom. The number of furan rings is 1. The van der Waals surface area contributed by atoms with Gasteiger partial charge in [-0.15, -0.1) is 0 Å². The molecule has 11 rings (SSSR count). The molecule has 0 atom stereocenters. The van der Waals surface area contributed by atoms with E-state index in [0.29, 0.717) is 17.5 Å². The summed E-state index contributed by atoms with van der Waals surface area (Å²) in [5, 5.41) is 6.98. The molecule has 0 saturated heterocycles. The van der Waals surface area contributed by atoms with Crippen LogP contribution in [0.4, 0.5) is 0 Å². The Morgan fingerprint density at radius 1 is 0.298 bits per heavy atom. The van der Waals surface area contributed by atoms with Crippen LogP contribution in [0, 0.1) is 0 Å². The van der Waals surface area contributed by atoms with Crippen molar-refractivity contribution in [3.63, 3.8) is 0 Å². The van der Waals surface area contributed by atoms with Gasteiger partial charge in [0.25, 0.3) is 0 Å². The second-order valence-electron chi connectivity index (χ2n) is 14.4. The molecule has 11 aromatic rings. The summed E-state index contributed by atoms with van der Waals surface area (Å²) in [7, 11) is 0. The van der Waals surface area contributed by atoms with Crippen LogP contribution in [0.15, 0.2) is 205 Å². The quantitative estimate of drug-likeness (QED) is 0.171. The van der Waals surface area contributed by atoms with Crippen molar-refractivity contribution in [1.29, 1.82) is 0 Å². The largest absolute Gasteiger partial charge is 0.455 e. The average molecular weight is 728 g/mol. The summed E-state index contributed by atoms with van der Waals surface area (Å²) >= 11 is 0. The molecule has 2 heterocycles. The maximum Gasteiger partial charge on any atom is 0.164 e.